The third-order valence-corrected chi connectivity index (χ3v) is 7.67. The topological polar surface area (TPSA) is 137 Å². The minimum Gasteiger partial charge on any atom is -0.465 e. The number of aliphatic hydroxyl groups excluding tert-OH is 1. The fourth-order valence-corrected chi connectivity index (χ4v) is 5.61. The summed E-state index contributed by atoms with van der Waals surface area (Å²) in [5.41, 5.74) is 1.63. The Hall–Kier alpha value is -3.02. The molecule has 3 atom stereocenters. The zero-order valence-electron chi connectivity index (χ0n) is 22.9. The van der Waals surface area contributed by atoms with Crippen LogP contribution in [-0.2, 0) is 16.1 Å². The summed E-state index contributed by atoms with van der Waals surface area (Å²) in [6.07, 6.45) is 1.74. The van der Waals surface area contributed by atoms with Crippen LogP contribution in [0.1, 0.15) is 50.1 Å². The number of ether oxygens (including phenoxy) is 1. The quantitative estimate of drug-likeness (QED) is 0.290. The molecule has 2 aromatic rings. The van der Waals surface area contributed by atoms with Gasteiger partial charge in [-0.25, -0.2) is 9.78 Å². The smallest absolute Gasteiger partial charge is 0.407 e. The van der Waals surface area contributed by atoms with Gasteiger partial charge in [-0.2, -0.15) is 0 Å². The molecule has 0 aliphatic carbocycles. The number of aromatic nitrogens is 2. The largest absolute Gasteiger partial charge is 0.465 e. The summed E-state index contributed by atoms with van der Waals surface area (Å²) < 4.78 is 7.33. The highest BCUT2D eigenvalue weighted by molar-refractivity contribution is 6.00. The van der Waals surface area contributed by atoms with Gasteiger partial charge >= 0.3 is 6.09 Å². The van der Waals surface area contributed by atoms with Gasteiger partial charge in [-0.3, -0.25) is 9.59 Å². The third kappa shape index (κ3) is 6.95. The van der Waals surface area contributed by atoms with Crippen molar-refractivity contribution in [2.24, 2.45) is 11.8 Å². The van der Waals surface area contributed by atoms with Gasteiger partial charge in [-0.15, -0.1) is 0 Å². The van der Waals surface area contributed by atoms with Crippen molar-refractivity contribution in [2.45, 2.75) is 58.2 Å². The number of nitrogens with zero attached hydrogens (tertiary/aromatic N) is 4. The van der Waals surface area contributed by atoms with Crippen molar-refractivity contribution < 1.29 is 29.3 Å². The number of hydrogen-bond acceptors (Lipinski definition) is 7. The molecule has 0 radical (unpaired) electrons. The van der Waals surface area contributed by atoms with E-state index in [2.05, 4.69) is 5.32 Å². The highest BCUT2D eigenvalue weighted by Crippen LogP contribution is 2.24. The number of carboxylic acid groups (broad SMARTS) is 1. The third-order valence-electron chi connectivity index (χ3n) is 7.67. The first kappa shape index (κ1) is 29.0. The number of piperidine rings is 1. The molecule has 2 amide bonds. The number of aryl methyl sites for hydroxylation is 1. The Balaban J connectivity index is 1.55. The number of aliphatic hydroxyl groups is 1. The maximum Gasteiger partial charge on any atom is 0.407 e. The number of benzene rings is 1. The monoisotopic (exact) mass is 543 g/mol. The van der Waals surface area contributed by atoms with Crippen LogP contribution in [0.3, 0.4) is 0 Å². The molecule has 1 aromatic carbocycles. The summed E-state index contributed by atoms with van der Waals surface area (Å²) in [7, 11) is 0. The molecule has 39 heavy (non-hydrogen) atoms. The first-order chi connectivity index (χ1) is 18.8. The Morgan fingerprint density at radius 2 is 1.82 bits per heavy atom. The van der Waals surface area contributed by atoms with E-state index in [-0.39, 0.29) is 43.3 Å². The molecular weight excluding hydrogens is 502 g/mol. The van der Waals surface area contributed by atoms with E-state index in [1.807, 2.05) is 42.7 Å². The standard InChI is InChI=1S/C28H41N5O6/c1-19(2)24(25(35)26-30-22-8-4-5-9-23(22)33(26)10-6-3-7-13-34)29-21-16-20(17-32(18-21)28(37)38)27(36)31-11-14-39-15-12-31/h4-5,8-9,19-21,24,29,34H,3,6-7,10-18H2,1-2H3,(H,37,38)/t20-,21+,24?/m1/s1. The molecule has 214 valence electrons. The first-order valence-electron chi connectivity index (χ1n) is 14.0. The Morgan fingerprint density at radius 3 is 2.51 bits per heavy atom. The predicted octanol–water partition coefficient (Wildman–Crippen LogP) is 2.22. The summed E-state index contributed by atoms with van der Waals surface area (Å²) in [4.78, 5) is 47.0. The molecule has 2 saturated heterocycles. The molecule has 11 nitrogen and oxygen atoms in total. The molecule has 2 fully saturated rings. The molecule has 0 saturated carbocycles. The Morgan fingerprint density at radius 1 is 1.08 bits per heavy atom. The van der Waals surface area contributed by atoms with E-state index in [0.717, 1.165) is 23.9 Å². The van der Waals surface area contributed by atoms with E-state index in [4.69, 9.17) is 14.8 Å². The lowest BCUT2D eigenvalue weighted by Crippen LogP contribution is -2.58. The second kappa shape index (κ2) is 13.4. The maximum absolute atomic E-state index is 14.0. The lowest BCUT2D eigenvalue weighted by atomic mass is 9.90. The number of likely N-dealkylation sites (tertiary alicyclic amines) is 1. The van der Waals surface area contributed by atoms with Gasteiger partial charge in [-0.1, -0.05) is 26.0 Å². The fraction of sp³-hybridized carbons (Fsp3) is 0.643. The molecule has 2 aliphatic rings. The number of rotatable bonds is 11. The van der Waals surface area contributed by atoms with Crippen LogP contribution in [0, 0.1) is 11.8 Å². The molecule has 3 heterocycles. The zero-order chi connectivity index (χ0) is 27.9. The fourth-order valence-electron chi connectivity index (χ4n) is 5.61. The van der Waals surface area contributed by atoms with E-state index < -0.39 is 18.1 Å². The van der Waals surface area contributed by atoms with Crippen LogP contribution in [0.25, 0.3) is 11.0 Å². The predicted molar refractivity (Wildman–Crippen MR) is 146 cm³/mol. The van der Waals surface area contributed by atoms with E-state index in [9.17, 15) is 19.5 Å². The van der Waals surface area contributed by atoms with Gasteiger partial charge in [0, 0.05) is 45.4 Å². The average molecular weight is 544 g/mol. The Bertz CT molecular complexity index is 1140. The zero-order valence-corrected chi connectivity index (χ0v) is 22.9. The van der Waals surface area contributed by atoms with E-state index in [1.165, 1.54) is 4.90 Å². The number of ketones is 1. The Kier molecular flexibility index (Phi) is 9.93. The van der Waals surface area contributed by atoms with Crippen molar-refractivity contribution in [3.63, 3.8) is 0 Å². The molecular formula is C28H41N5O6. The summed E-state index contributed by atoms with van der Waals surface area (Å²) >= 11 is 0. The van der Waals surface area contributed by atoms with Crippen LogP contribution in [0.2, 0.25) is 0 Å². The molecule has 4 rings (SSSR count). The van der Waals surface area contributed by atoms with Gasteiger partial charge in [0.1, 0.15) is 0 Å². The van der Waals surface area contributed by atoms with Gasteiger partial charge in [0.15, 0.2) is 5.82 Å². The van der Waals surface area contributed by atoms with Crippen molar-refractivity contribution in [3.05, 3.63) is 30.1 Å². The first-order valence-corrected chi connectivity index (χ1v) is 14.0. The van der Waals surface area contributed by atoms with Crippen LogP contribution < -0.4 is 5.32 Å². The highest BCUT2D eigenvalue weighted by Gasteiger charge is 2.39. The van der Waals surface area contributed by atoms with Gasteiger partial charge < -0.3 is 34.6 Å². The van der Waals surface area contributed by atoms with E-state index in [0.29, 0.717) is 51.5 Å². The lowest BCUT2D eigenvalue weighted by Gasteiger charge is -2.40. The number of amides is 2. The normalized spacial score (nSPS) is 20.9. The number of morpholine rings is 1. The van der Waals surface area contributed by atoms with Crippen LogP contribution in [0.15, 0.2) is 24.3 Å². The number of para-hydroxylation sites is 2. The molecule has 0 bridgehead atoms. The van der Waals surface area contributed by atoms with Crippen molar-refractivity contribution in [1.82, 2.24) is 24.7 Å². The minimum absolute atomic E-state index is 0.0619. The van der Waals surface area contributed by atoms with Gasteiger partial charge in [0.05, 0.1) is 36.2 Å². The molecule has 0 spiro atoms. The van der Waals surface area contributed by atoms with Gasteiger partial charge in [0.25, 0.3) is 0 Å². The molecule has 2 aliphatic heterocycles. The number of carbonyl (C=O) groups excluding carboxylic acids is 2. The van der Waals surface area contributed by atoms with Gasteiger partial charge in [0.2, 0.25) is 11.7 Å². The van der Waals surface area contributed by atoms with E-state index in [1.54, 1.807) is 4.90 Å². The van der Waals surface area contributed by atoms with Crippen LogP contribution in [-0.4, -0.2) is 105 Å². The van der Waals surface area contributed by atoms with Crippen LogP contribution in [0.4, 0.5) is 4.79 Å². The second-order valence-corrected chi connectivity index (χ2v) is 10.9. The number of fused-ring (bicyclic) bond motifs is 1. The second-order valence-electron chi connectivity index (χ2n) is 10.9. The van der Waals surface area contributed by atoms with E-state index >= 15 is 0 Å². The summed E-state index contributed by atoms with van der Waals surface area (Å²) in [6.45, 7) is 6.98. The number of carbonyl (C=O) groups is 3. The van der Waals surface area contributed by atoms with Crippen molar-refractivity contribution >= 4 is 28.8 Å². The SMILES string of the molecule is CC(C)C(N[C@H]1C[C@@H](C(=O)N2CCOCC2)CN(C(=O)O)C1)C(=O)c1nc2ccccc2n1CCCCCO. The molecule has 1 aromatic heterocycles. The van der Waals surface area contributed by atoms with Crippen LogP contribution >= 0.6 is 0 Å². The van der Waals surface area contributed by atoms with Gasteiger partial charge in [-0.05, 0) is 43.7 Å². The maximum atomic E-state index is 14.0. The van der Waals surface area contributed by atoms with Crippen molar-refractivity contribution in [3.8, 4) is 0 Å². The van der Waals surface area contributed by atoms with Crippen molar-refractivity contribution in [1.29, 1.82) is 0 Å². The Labute approximate surface area is 229 Å². The van der Waals surface area contributed by atoms with Crippen LogP contribution in [0.5, 0.6) is 0 Å². The summed E-state index contributed by atoms with van der Waals surface area (Å²) in [6, 6.07) is 6.71. The number of Topliss-reactive ketones (excluding diaryl/α,β-unsaturated/α-hetero) is 1. The number of nitrogens with one attached hydrogen (secondary N) is 1. The number of hydrogen-bond donors (Lipinski definition) is 3. The highest BCUT2D eigenvalue weighted by atomic mass is 16.5. The molecule has 11 heteroatoms. The molecule has 3 N–H and O–H groups in total. The molecule has 1 unspecified atom stereocenters. The van der Waals surface area contributed by atoms with Crippen molar-refractivity contribution in [2.75, 3.05) is 46.0 Å². The number of imidazole rings is 1. The summed E-state index contributed by atoms with van der Waals surface area (Å²) in [5, 5.41) is 22.4. The average Bonchev–Trinajstić information content (AvgIpc) is 3.32. The summed E-state index contributed by atoms with van der Waals surface area (Å²) in [5.74, 6) is -0.406. The number of unbranched alkanes of at least 4 members (excludes halogenated alkanes) is 2. The minimum atomic E-state index is -1.07. The lowest BCUT2D eigenvalue weighted by molar-refractivity contribution is -0.141.